The summed E-state index contributed by atoms with van der Waals surface area (Å²) in [7, 11) is 0. The van der Waals surface area contributed by atoms with E-state index in [1.807, 2.05) is 37.3 Å². The van der Waals surface area contributed by atoms with Crippen molar-refractivity contribution < 1.29 is 4.39 Å². The quantitative estimate of drug-likeness (QED) is 0.545. The highest BCUT2D eigenvalue weighted by atomic mass is 19.1. The maximum Gasteiger partial charge on any atom is 0.183 e. The van der Waals surface area contributed by atoms with Gasteiger partial charge in [-0.15, -0.1) is 5.10 Å². The number of aryl methyl sites for hydroxylation is 1. The molecular formula is C22H22FN7. The van der Waals surface area contributed by atoms with Gasteiger partial charge in [-0.25, -0.2) is 9.37 Å². The molecule has 8 heteroatoms. The van der Waals surface area contributed by atoms with Gasteiger partial charge in [-0.05, 0) is 49.2 Å². The molecule has 0 radical (unpaired) electrons. The molecule has 0 saturated carbocycles. The number of rotatable bonds is 4. The molecule has 0 amide bonds. The zero-order chi connectivity index (χ0) is 20.5. The van der Waals surface area contributed by atoms with E-state index in [0.29, 0.717) is 5.82 Å². The highest BCUT2D eigenvalue weighted by Gasteiger charge is 2.21. The third-order valence-electron chi connectivity index (χ3n) is 5.53. The van der Waals surface area contributed by atoms with Crippen LogP contribution in [0.15, 0.2) is 48.7 Å². The number of hydrogen-bond donors (Lipinski definition) is 2. The lowest BCUT2D eigenvalue weighted by Crippen LogP contribution is -2.52. The summed E-state index contributed by atoms with van der Waals surface area (Å²) < 4.78 is 13.2. The van der Waals surface area contributed by atoms with Crippen LogP contribution in [-0.2, 0) is 6.42 Å². The molecule has 30 heavy (non-hydrogen) atoms. The summed E-state index contributed by atoms with van der Waals surface area (Å²) >= 11 is 0. The number of benzene rings is 2. The minimum absolute atomic E-state index is 0.208. The number of nitrogens with one attached hydrogen (secondary N) is 2. The first kappa shape index (κ1) is 18.6. The van der Waals surface area contributed by atoms with Gasteiger partial charge in [0, 0.05) is 36.6 Å². The Morgan fingerprint density at radius 2 is 2.03 bits per heavy atom. The van der Waals surface area contributed by atoms with Crippen LogP contribution in [0.1, 0.15) is 11.3 Å². The molecular weight excluding hydrogens is 381 g/mol. The Labute approximate surface area is 173 Å². The van der Waals surface area contributed by atoms with Gasteiger partial charge in [-0.2, -0.15) is 10.2 Å². The Balaban J connectivity index is 1.36. The van der Waals surface area contributed by atoms with E-state index in [1.165, 1.54) is 12.1 Å². The van der Waals surface area contributed by atoms with Gasteiger partial charge in [0.2, 0.25) is 0 Å². The molecule has 2 aromatic heterocycles. The number of piperazine rings is 1. The van der Waals surface area contributed by atoms with Crippen molar-refractivity contribution in [1.29, 1.82) is 0 Å². The Kier molecular flexibility index (Phi) is 4.84. The fourth-order valence-electron chi connectivity index (χ4n) is 3.93. The molecule has 152 valence electrons. The molecule has 1 aliphatic heterocycles. The van der Waals surface area contributed by atoms with Crippen molar-refractivity contribution in [2.45, 2.75) is 19.4 Å². The highest BCUT2D eigenvalue weighted by molar-refractivity contribution is 5.85. The molecule has 1 unspecified atom stereocenters. The van der Waals surface area contributed by atoms with Gasteiger partial charge in [0.25, 0.3) is 0 Å². The first-order valence-electron chi connectivity index (χ1n) is 10.0. The molecule has 1 saturated heterocycles. The van der Waals surface area contributed by atoms with E-state index in [0.717, 1.165) is 59.6 Å². The van der Waals surface area contributed by atoms with Gasteiger partial charge in [0.05, 0.1) is 17.4 Å². The number of aromatic nitrogens is 5. The SMILES string of the molecule is Cc1n[nH]c2ccc(-c3nncc(N4CCNC(Cc5ccc(F)cc5)C4)n3)cc12. The van der Waals surface area contributed by atoms with E-state index < -0.39 is 0 Å². The summed E-state index contributed by atoms with van der Waals surface area (Å²) in [5.41, 5.74) is 3.97. The van der Waals surface area contributed by atoms with E-state index in [9.17, 15) is 4.39 Å². The average Bonchev–Trinajstić information content (AvgIpc) is 3.16. The van der Waals surface area contributed by atoms with Crippen molar-refractivity contribution in [3.8, 4) is 11.4 Å². The smallest absolute Gasteiger partial charge is 0.183 e. The number of aromatic amines is 1. The molecule has 0 spiro atoms. The fraction of sp³-hybridized carbons (Fsp3) is 0.273. The lowest BCUT2D eigenvalue weighted by atomic mass is 10.0. The zero-order valence-electron chi connectivity index (χ0n) is 16.6. The van der Waals surface area contributed by atoms with Crippen LogP contribution < -0.4 is 10.2 Å². The molecule has 2 aromatic carbocycles. The first-order valence-corrected chi connectivity index (χ1v) is 10.0. The Morgan fingerprint density at radius 3 is 2.90 bits per heavy atom. The van der Waals surface area contributed by atoms with Crippen molar-refractivity contribution >= 4 is 16.7 Å². The Bertz CT molecular complexity index is 1170. The van der Waals surface area contributed by atoms with Gasteiger partial charge in [-0.1, -0.05) is 12.1 Å². The van der Waals surface area contributed by atoms with Crippen LogP contribution in [0, 0.1) is 12.7 Å². The Morgan fingerprint density at radius 1 is 1.17 bits per heavy atom. The molecule has 4 aromatic rings. The third kappa shape index (κ3) is 3.73. The minimum atomic E-state index is -0.208. The van der Waals surface area contributed by atoms with Crippen LogP contribution in [0.4, 0.5) is 10.2 Å². The average molecular weight is 403 g/mol. The molecule has 1 aliphatic rings. The minimum Gasteiger partial charge on any atom is -0.352 e. The molecule has 0 bridgehead atoms. The van der Waals surface area contributed by atoms with Crippen LogP contribution in [0.3, 0.4) is 0 Å². The summed E-state index contributed by atoms with van der Waals surface area (Å²) in [6.07, 6.45) is 2.55. The second-order valence-corrected chi connectivity index (χ2v) is 7.64. The van der Waals surface area contributed by atoms with E-state index in [1.54, 1.807) is 6.20 Å². The number of anilines is 1. The van der Waals surface area contributed by atoms with Gasteiger partial charge < -0.3 is 10.2 Å². The van der Waals surface area contributed by atoms with Crippen molar-refractivity contribution in [3.05, 3.63) is 65.7 Å². The van der Waals surface area contributed by atoms with Crippen molar-refractivity contribution in [2.24, 2.45) is 0 Å². The number of fused-ring (bicyclic) bond motifs is 1. The summed E-state index contributed by atoms with van der Waals surface area (Å²) in [5.74, 6) is 1.21. The lowest BCUT2D eigenvalue weighted by molar-refractivity contribution is 0.452. The molecule has 1 fully saturated rings. The maximum absolute atomic E-state index is 13.2. The summed E-state index contributed by atoms with van der Waals surface area (Å²) in [6, 6.07) is 13.0. The normalized spacial score (nSPS) is 16.9. The van der Waals surface area contributed by atoms with E-state index in [4.69, 9.17) is 4.98 Å². The van der Waals surface area contributed by atoms with E-state index >= 15 is 0 Å². The Hall–Kier alpha value is -3.39. The van der Waals surface area contributed by atoms with E-state index in [2.05, 4.69) is 30.6 Å². The predicted molar refractivity (Wildman–Crippen MR) is 114 cm³/mol. The predicted octanol–water partition coefficient (Wildman–Crippen LogP) is 2.88. The molecule has 1 atom stereocenters. The third-order valence-corrected chi connectivity index (χ3v) is 5.53. The topological polar surface area (TPSA) is 82.6 Å². The van der Waals surface area contributed by atoms with Crippen LogP contribution in [0.5, 0.6) is 0 Å². The van der Waals surface area contributed by atoms with Crippen LogP contribution in [0.2, 0.25) is 0 Å². The zero-order valence-corrected chi connectivity index (χ0v) is 16.6. The lowest BCUT2D eigenvalue weighted by Gasteiger charge is -2.34. The molecule has 5 rings (SSSR count). The van der Waals surface area contributed by atoms with Gasteiger partial charge >= 0.3 is 0 Å². The largest absolute Gasteiger partial charge is 0.352 e. The molecule has 3 heterocycles. The van der Waals surface area contributed by atoms with Crippen LogP contribution in [-0.4, -0.2) is 51.1 Å². The molecule has 2 N–H and O–H groups in total. The van der Waals surface area contributed by atoms with Gasteiger partial charge in [0.1, 0.15) is 5.82 Å². The van der Waals surface area contributed by atoms with Crippen LogP contribution >= 0.6 is 0 Å². The maximum atomic E-state index is 13.2. The van der Waals surface area contributed by atoms with E-state index in [-0.39, 0.29) is 11.9 Å². The monoisotopic (exact) mass is 403 g/mol. The summed E-state index contributed by atoms with van der Waals surface area (Å²) in [6.45, 7) is 4.47. The highest BCUT2D eigenvalue weighted by Crippen LogP contribution is 2.24. The second-order valence-electron chi connectivity index (χ2n) is 7.64. The first-order chi connectivity index (χ1) is 14.7. The van der Waals surface area contributed by atoms with Crippen molar-refractivity contribution in [2.75, 3.05) is 24.5 Å². The molecule has 7 nitrogen and oxygen atoms in total. The second kappa shape index (κ2) is 7.79. The number of nitrogens with zero attached hydrogens (tertiary/aromatic N) is 5. The standard InChI is InChI=1S/C22H22FN7/c1-14-19-11-16(4-7-20(19)28-27-14)22-26-21(12-25-29-22)30-9-8-24-18(13-30)10-15-2-5-17(23)6-3-15/h2-7,11-12,18,24H,8-10,13H2,1H3,(H,27,28). The van der Waals surface area contributed by atoms with Crippen molar-refractivity contribution in [1.82, 2.24) is 30.7 Å². The van der Waals surface area contributed by atoms with Crippen molar-refractivity contribution in [3.63, 3.8) is 0 Å². The fourth-order valence-corrected chi connectivity index (χ4v) is 3.93. The summed E-state index contributed by atoms with van der Waals surface area (Å²) in [5, 5.41) is 20.3. The number of H-pyrrole nitrogens is 1. The molecule has 0 aliphatic carbocycles. The van der Waals surface area contributed by atoms with Gasteiger partial charge in [-0.3, -0.25) is 5.10 Å². The summed E-state index contributed by atoms with van der Waals surface area (Å²) in [4.78, 5) is 7.01. The van der Waals surface area contributed by atoms with Gasteiger partial charge in [0.15, 0.2) is 11.6 Å². The number of halogens is 1. The van der Waals surface area contributed by atoms with Crippen LogP contribution in [0.25, 0.3) is 22.3 Å². The number of hydrogen-bond acceptors (Lipinski definition) is 6.